The number of rotatable bonds is 3. The van der Waals surface area contributed by atoms with E-state index < -0.39 is 47.8 Å². The van der Waals surface area contributed by atoms with Gasteiger partial charge >= 0.3 is 18.4 Å². The second-order valence-electron chi connectivity index (χ2n) is 7.83. The lowest BCUT2D eigenvalue weighted by molar-refractivity contribution is -0.143. The van der Waals surface area contributed by atoms with Crippen molar-refractivity contribution in [3.63, 3.8) is 0 Å². The van der Waals surface area contributed by atoms with E-state index in [2.05, 4.69) is 20.9 Å². The summed E-state index contributed by atoms with van der Waals surface area (Å²) in [6.45, 7) is 0. The van der Waals surface area contributed by atoms with Gasteiger partial charge in [-0.15, -0.1) is 0 Å². The van der Waals surface area contributed by atoms with Gasteiger partial charge < -0.3 is 9.64 Å². The Morgan fingerprint density at radius 2 is 1.61 bits per heavy atom. The molecule has 1 amide bonds. The number of carbonyl (C=O) groups excluding carboxylic acids is 1. The molecule has 4 rings (SSSR count). The SMILES string of the molecule is CN(C)c1cc(C2C=CC3C(c4cc(C(F)(F)F)cc(C(F)(F)F)c4)OC(=O)N23)c(Br)cn1. The maximum atomic E-state index is 13.3. The molecule has 0 saturated carbocycles. The molecule has 12 heteroatoms. The fourth-order valence-corrected chi connectivity index (χ4v) is 4.34. The second kappa shape index (κ2) is 7.93. The van der Waals surface area contributed by atoms with E-state index in [9.17, 15) is 31.1 Å². The van der Waals surface area contributed by atoms with Gasteiger partial charge in [0.1, 0.15) is 5.82 Å². The van der Waals surface area contributed by atoms with Crippen molar-refractivity contribution in [2.45, 2.75) is 30.5 Å². The summed E-state index contributed by atoms with van der Waals surface area (Å²) in [6, 6.07) is 1.43. The van der Waals surface area contributed by atoms with E-state index in [1.54, 1.807) is 43.4 Å². The molecular formula is C21H16BrF6N3O2. The number of hydrogen-bond acceptors (Lipinski definition) is 4. The summed E-state index contributed by atoms with van der Waals surface area (Å²) in [6.07, 6.45) is -7.43. The van der Waals surface area contributed by atoms with Gasteiger partial charge in [0, 0.05) is 24.8 Å². The number of carbonyl (C=O) groups is 1. The van der Waals surface area contributed by atoms with Crippen molar-refractivity contribution in [3.05, 3.63) is 69.3 Å². The fraction of sp³-hybridized carbons (Fsp3) is 0.333. The number of pyridine rings is 1. The van der Waals surface area contributed by atoms with Crippen molar-refractivity contribution in [1.29, 1.82) is 0 Å². The van der Waals surface area contributed by atoms with Crippen molar-refractivity contribution >= 4 is 27.8 Å². The molecule has 3 heterocycles. The largest absolute Gasteiger partial charge is 0.439 e. The molecule has 2 aliphatic heterocycles. The topological polar surface area (TPSA) is 45.7 Å². The van der Waals surface area contributed by atoms with Crippen LogP contribution < -0.4 is 4.90 Å². The normalized spacial score (nSPS) is 22.5. The number of fused-ring (bicyclic) bond motifs is 1. The number of anilines is 1. The minimum Gasteiger partial charge on any atom is -0.439 e. The predicted molar refractivity (Wildman–Crippen MR) is 109 cm³/mol. The van der Waals surface area contributed by atoms with Gasteiger partial charge in [0.2, 0.25) is 0 Å². The molecule has 2 aliphatic rings. The van der Waals surface area contributed by atoms with E-state index in [1.807, 2.05) is 0 Å². The minimum atomic E-state index is -5.00. The van der Waals surface area contributed by atoms with Crippen molar-refractivity contribution < 1.29 is 35.9 Å². The highest BCUT2D eigenvalue weighted by Crippen LogP contribution is 2.47. The Labute approximate surface area is 192 Å². The highest BCUT2D eigenvalue weighted by atomic mass is 79.9. The van der Waals surface area contributed by atoms with Crippen molar-refractivity contribution in [3.8, 4) is 0 Å². The first-order valence-electron chi connectivity index (χ1n) is 9.57. The van der Waals surface area contributed by atoms with Crippen LogP contribution in [0.1, 0.15) is 34.4 Å². The number of amides is 1. The summed E-state index contributed by atoms with van der Waals surface area (Å²) in [7, 11) is 3.55. The minimum absolute atomic E-state index is 0.0438. The molecule has 176 valence electrons. The van der Waals surface area contributed by atoms with Gasteiger partial charge in [0.05, 0.1) is 23.2 Å². The van der Waals surface area contributed by atoms with Crippen LogP contribution in [0.2, 0.25) is 0 Å². The Morgan fingerprint density at radius 1 is 1.00 bits per heavy atom. The zero-order valence-corrected chi connectivity index (χ0v) is 18.7. The van der Waals surface area contributed by atoms with Gasteiger partial charge in [-0.2, -0.15) is 26.3 Å². The summed E-state index contributed by atoms with van der Waals surface area (Å²) >= 11 is 3.39. The smallest absolute Gasteiger partial charge is 0.416 e. The molecule has 5 nitrogen and oxygen atoms in total. The number of nitrogens with zero attached hydrogens (tertiary/aromatic N) is 3. The van der Waals surface area contributed by atoms with E-state index in [0.717, 1.165) is 0 Å². The van der Waals surface area contributed by atoms with Crippen LogP contribution in [0.15, 0.2) is 47.1 Å². The maximum Gasteiger partial charge on any atom is 0.416 e. The molecule has 33 heavy (non-hydrogen) atoms. The molecule has 3 unspecified atom stereocenters. The first-order valence-corrected chi connectivity index (χ1v) is 10.4. The van der Waals surface area contributed by atoms with Gasteiger partial charge in [-0.05, 0) is 51.3 Å². The lowest BCUT2D eigenvalue weighted by atomic mass is 9.97. The summed E-state index contributed by atoms with van der Waals surface area (Å²) < 4.78 is 85.6. The first-order chi connectivity index (χ1) is 15.3. The maximum absolute atomic E-state index is 13.3. The summed E-state index contributed by atoms with van der Waals surface area (Å²) in [5, 5.41) is 0. The van der Waals surface area contributed by atoms with Crippen molar-refractivity contribution in [1.82, 2.24) is 9.88 Å². The third kappa shape index (κ3) is 4.28. The number of halogens is 7. The van der Waals surface area contributed by atoms with Crippen LogP contribution in [0.4, 0.5) is 37.0 Å². The van der Waals surface area contributed by atoms with Crippen LogP contribution in [-0.4, -0.2) is 36.1 Å². The van der Waals surface area contributed by atoms with E-state index in [-0.39, 0.29) is 11.6 Å². The Hall–Kier alpha value is -2.76. The van der Waals surface area contributed by atoms with Gasteiger partial charge in [-0.3, -0.25) is 4.90 Å². The number of aromatic nitrogens is 1. The molecule has 3 atom stereocenters. The predicted octanol–water partition coefficient (Wildman–Crippen LogP) is 6.12. The van der Waals surface area contributed by atoms with Crippen molar-refractivity contribution in [2.75, 3.05) is 19.0 Å². The standard InChI is InChI=1S/C21H16BrF6N3O2/c1-30(2)17-8-13(14(22)9-29-17)15-3-4-16-18(33-19(32)31(15)16)10-5-11(20(23,24)25)7-12(6-10)21(26,27)28/h3-9,15-16,18H,1-2H3. The lowest BCUT2D eigenvalue weighted by Crippen LogP contribution is -2.31. The summed E-state index contributed by atoms with van der Waals surface area (Å²) in [4.78, 5) is 20.0. The number of ether oxygens (including phenoxy) is 1. The zero-order valence-electron chi connectivity index (χ0n) is 17.1. The molecule has 1 aromatic carbocycles. The number of alkyl halides is 6. The van der Waals surface area contributed by atoms with E-state index in [0.29, 0.717) is 28.0 Å². The zero-order chi connectivity index (χ0) is 24.3. The van der Waals surface area contributed by atoms with Crippen LogP contribution in [-0.2, 0) is 17.1 Å². The molecule has 0 spiro atoms. The van der Waals surface area contributed by atoms with Crippen LogP contribution in [0.25, 0.3) is 0 Å². The van der Waals surface area contributed by atoms with Gasteiger partial charge in [-0.1, -0.05) is 12.2 Å². The monoisotopic (exact) mass is 535 g/mol. The Bertz CT molecular complexity index is 1100. The molecule has 1 fully saturated rings. The highest BCUT2D eigenvalue weighted by molar-refractivity contribution is 9.10. The Balaban J connectivity index is 1.73. The second-order valence-corrected chi connectivity index (χ2v) is 8.68. The summed E-state index contributed by atoms with van der Waals surface area (Å²) in [5.41, 5.74) is -2.67. The number of benzene rings is 1. The number of hydrogen-bond donors (Lipinski definition) is 0. The first kappa shape index (κ1) is 23.4. The summed E-state index contributed by atoms with van der Waals surface area (Å²) in [5.74, 6) is 0.599. The fourth-order valence-electron chi connectivity index (χ4n) is 3.89. The molecule has 0 aliphatic carbocycles. The average molecular weight is 536 g/mol. The molecular weight excluding hydrogens is 520 g/mol. The van der Waals surface area contributed by atoms with Gasteiger partial charge in [0.15, 0.2) is 6.10 Å². The van der Waals surface area contributed by atoms with Crippen LogP contribution in [0, 0.1) is 0 Å². The van der Waals surface area contributed by atoms with Crippen molar-refractivity contribution in [2.24, 2.45) is 0 Å². The van der Waals surface area contributed by atoms with Crippen LogP contribution in [0.5, 0.6) is 0 Å². The van der Waals surface area contributed by atoms with Gasteiger partial charge in [-0.25, -0.2) is 9.78 Å². The highest BCUT2D eigenvalue weighted by Gasteiger charge is 2.49. The molecule has 1 saturated heterocycles. The molecule has 0 radical (unpaired) electrons. The molecule has 0 N–H and O–H groups in total. The quantitative estimate of drug-likeness (QED) is 0.351. The molecule has 2 aromatic rings. The molecule has 1 aromatic heterocycles. The van der Waals surface area contributed by atoms with Gasteiger partial charge in [0.25, 0.3) is 0 Å². The Kier molecular flexibility index (Phi) is 5.62. The van der Waals surface area contributed by atoms with Crippen LogP contribution >= 0.6 is 15.9 Å². The third-order valence-corrected chi connectivity index (χ3v) is 6.11. The molecule has 0 bridgehead atoms. The van der Waals surface area contributed by atoms with E-state index in [4.69, 9.17) is 4.74 Å². The number of cyclic esters (lactones) is 1. The van der Waals surface area contributed by atoms with E-state index >= 15 is 0 Å². The van der Waals surface area contributed by atoms with E-state index in [1.165, 1.54) is 4.90 Å². The average Bonchev–Trinajstić information content (AvgIpc) is 3.28. The van der Waals surface area contributed by atoms with Crippen LogP contribution in [0.3, 0.4) is 0 Å². The third-order valence-electron chi connectivity index (χ3n) is 5.45. The Morgan fingerprint density at radius 3 is 2.15 bits per heavy atom. The lowest BCUT2D eigenvalue weighted by Gasteiger charge is -2.25.